The zero-order chi connectivity index (χ0) is 24.2. The van der Waals surface area contributed by atoms with Crippen LogP contribution in [0.4, 0.5) is 16.5 Å². The summed E-state index contributed by atoms with van der Waals surface area (Å²) in [4.78, 5) is 21.5. The zero-order valence-corrected chi connectivity index (χ0v) is 20.5. The van der Waals surface area contributed by atoms with Crippen LogP contribution in [0.5, 0.6) is 0 Å². The molecule has 0 radical (unpaired) electrons. The highest BCUT2D eigenvalue weighted by atomic mass is 32.2. The van der Waals surface area contributed by atoms with Crippen LogP contribution in [0.2, 0.25) is 0 Å². The molecule has 8 nitrogen and oxygen atoms in total. The van der Waals surface area contributed by atoms with Gasteiger partial charge in [0.05, 0.1) is 17.9 Å². The summed E-state index contributed by atoms with van der Waals surface area (Å²) in [5, 5.41) is 9.70. The van der Waals surface area contributed by atoms with Crippen molar-refractivity contribution in [2.24, 2.45) is 0 Å². The van der Waals surface area contributed by atoms with E-state index in [-0.39, 0.29) is 5.69 Å². The van der Waals surface area contributed by atoms with E-state index in [0.717, 1.165) is 23.2 Å². The summed E-state index contributed by atoms with van der Waals surface area (Å²) in [5.74, 6) is -0.754. The molecule has 0 spiro atoms. The molecule has 0 saturated heterocycles. The largest absolute Gasteiger partial charge is 0.378 e. The number of nitrogens with zero attached hydrogens (tertiary/aromatic N) is 4. The Labute approximate surface area is 198 Å². The van der Waals surface area contributed by atoms with E-state index in [2.05, 4.69) is 23.2 Å². The van der Waals surface area contributed by atoms with Gasteiger partial charge in [0.25, 0.3) is 5.91 Å². The molecule has 1 N–H and O–H groups in total. The number of carbonyl (C=O) groups is 1. The highest BCUT2D eigenvalue weighted by molar-refractivity contribution is 7.89. The maximum atomic E-state index is 12.4. The van der Waals surface area contributed by atoms with E-state index >= 15 is 0 Å². The van der Waals surface area contributed by atoms with Gasteiger partial charge < -0.3 is 9.80 Å². The van der Waals surface area contributed by atoms with Crippen molar-refractivity contribution in [3.05, 3.63) is 70.2 Å². The lowest BCUT2D eigenvalue weighted by Crippen LogP contribution is -2.30. The molecular weight excluding hydrogens is 458 g/mol. The number of nitriles is 1. The molecule has 0 aliphatic heterocycles. The first-order valence-electron chi connectivity index (χ1n) is 10.1. The molecule has 10 heteroatoms. The van der Waals surface area contributed by atoms with Gasteiger partial charge in [0.15, 0.2) is 5.13 Å². The average molecular weight is 484 g/mol. The van der Waals surface area contributed by atoms with E-state index in [4.69, 9.17) is 5.26 Å². The van der Waals surface area contributed by atoms with Crippen molar-refractivity contribution in [3.8, 4) is 6.07 Å². The zero-order valence-electron chi connectivity index (χ0n) is 18.9. The van der Waals surface area contributed by atoms with Crippen LogP contribution in [-0.2, 0) is 16.4 Å². The molecule has 2 aromatic carbocycles. The first kappa shape index (κ1) is 24.2. The maximum Gasteiger partial charge on any atom is 0.284 e. The molecule has 0 aliphatic carbocycles. The molecule has 0 unspecified atom stereocenters. The van der Waals surface area contributed by atoms with Crippen LogP contribution in [0.15, 0.2) is 48.5 Å². The number of aromatic nitrogens is 1. The number of benzene rings is 2. The minimum absolute atomic E-state index is 0.0775. The van der Waals surface area contributed by atoms with Gasteiger partial charge in [-0.15, -0.1) is 11.3 Å². The predicted molar refractivity (Wildman–Crippen MR) is 132 cm³/mol. The SMILES string of the molecule is Cc1sc(N(CCc2cccc(N(C)C)c2)c2ccc(C#N)cc2)nc1C(=O)NS(C)(=O)=O. The summed E-state index contributed by atoms with van der Waals surface area (Å²) < 4.78 is 25.0. The van der Waals surface area contributed by atoms with Crippen LogP contribution in [-0.4, -0.2) is 46.2 Å². The first-order valence-corrected chi connectivity index (χ1v) is 12.8. The molecule has 3 rings (SSSR count). The molecule has 0 fully saturated rings. The highest BCUT2D eigenvalue weighted by Crippen LogP contribution is 2.32. The molecule has 33 heavy (non-hydrogen) atoms. The molecule has 1 heterocycles. The normalized spacial score (nSPS) is 11.0. The van der Waals surface area contributed by atoms with E-state index < -0.39 is 15.9 Å². The van der Waals surface area contributed by atoms with E-state index in [1.54, 1.807) is 19.1 Å². The van der Waals surface area contributed by atoms with E-state index in [0.29, 0.717) is 28.5 Å². The van der Waals surface area contributed by atoms with Crippen LogP contribution < -0.4 is 14.5 Å². The third kappa shape index (κ3) is 6.31. The van der Waals surface area contributed by atoms with Crippen molar-refractivity contribution in [1.82, 2.24) is 9.71 Å². The maximum absolute atomic E-state index is 12.4. The fourth-order valence-corrected chi connectivity index (χ4v) is 4.59. The second-order valence-corrected chi connectivity index (χ2v) is 10.7. The van der Waals surface area contributed by atoms with Crippen molar-refractivity contribution in [1.29, 1.82) is 5.26 Å². The Bertz CT molecular complexity index is 1290. The number of hydrogen-bond acceptors (Lipinski definition) is 8. The number of anilines is 3. The van der Waals surface area contributed by atoms with Gasteiger partial charge in [-0.05, 0) is 55.3 Å². The van der Waals surface area contributed by atoms with Crippen molar-refractivity contribution < 1.29 is 13.2 Å². The Morgan fingerprint density at radius 2 is 1.85 bits per heavy atom. The average Bonchev–Trinajstić information content (AvgIpc) is 3.15. The second-order valence-electron chi connectivity index (χ2n) is 7.73. The van der Waals surface area contributed by atoms with Crippen molar-refractivity contribution in [3.63, 3.8) is 0 Å². The Kier molecular flexibility index (Phi) is 7.36. The monoisotopic (exact) mass is 483 g/mol. The molecule has 1 aromatic heterocycles. The Balaban J connectivity index is 1.94. The van der Waals surface area contributed by atoms with Gasteiger partial charge in [0, 0.05) is 36.9 Å². The Morgan fingerprint density at radius 1 is 1.15 bits per heavy atom. The van der Waals surface area contributed by atoms with Gasteiger partial charge in [-0.25, -0.2) is 18.1 Å². The molecule has 0 saturated carbocycles. The van der Waals surface area contributed by atoms with Gasteiger partial charge >= 0.3 is 0 Å². The van der Waals surface area contributed by atoms with Gasteiger partial charge in [0.2, 0.25) is 10.0 Å². The van der Waals surface area contributed by atoms with Crippen LogP contribution in [0.1, 0.15) is 26.5 Å². The number of aryl methyl sites for hydroxylation is 1. The third-order valence-electron chi connectivity index (χ3n) is 4.87. The first-order chi connectivity index (χ1) is 15.6. The molecular formula is C23H25N5O3S2. The van der Waals surface area contributed by atoms with Crippen LogP contribution >= 0.6 is 11.3 Å². The van der Waals surface area contributed by atoms with Gasteiger partial charge in [-0.1, -0.05) is 12.1 Å². The highest BCUT2D eigenvalue weighted by Gasteiger charge is 2.22. The Morgan fingerprint density at radius 3 is 2.45 bits per heavy atom. The molecule has 3 aromatic rings. The fraction of sp³-hybridized carbons (Fsp3) is 0.261. The minimum Gasteiger partial charge on any atom is -0.378 e. The summed E-state index contributed by atoms with van der Waals surface area (Å²) in [6.07, 6.45) is 1.64. The topological polar surface area (TPSA) is 106 Å². The van der Waals surface area contributed by atoms with Crippen molar-refractivity contribution >= 4 is 43.8 Å². The van der Waals surface area contributed by atoms with Crippen molar-refractivity contribution in [2.75, 3.05) is 36.7 Å². The third-order valence-corrected chi connectivity index (χ3v) is 6.42. The fourth-order valence-electron chi connectivity index (χ4n) is 3.21. The number of thiazole rings is 1. The number of sulfonamides is 1. The summed E-state index contributed by atoms with van der Waals surface area (Å²) in [7, 11) is 0.280. The van der Waals surface area contributed by atoms with E-state index in [1.807, 2.05) is 52.9 Å². The molecule has 0 atom stereocenters. The van der Waals surface area contributed by atoms with E-state index in [1.165, 1.54) is 11.3 Å². The lowest BCUT2D eigenvalue weighted by molar-refractivity contribution is 0.0977. The number of carbonyl (C=O) groups excluding carboxylic acids is 1. The quantitative estimate of drug-likeness (QED) is 0.523. The van der Waals surface area contributed by atoms with Crippen LogP contribution in [0.25, 0.3) is 0 Å². The minimum atomic E-state index is -3.70. The Hall–Kier alpha value is -3.42. The van der Waals surface area contributed by atoms with Crippen LogP contribution in [0, 0.1) is 18.3 Å². The summed E-state index contributed by atoms with van der Waals surface area (Å²) >= 11 is 1.31. The van der Waals surface area contributed by atoms with E-state index in [9.17, 15) is 13.2 Å². The van der Waals surface area contributed by atoms with Gasteiger partial charge in [-0.2, -0.15) is 5.26 Å². The summed E-state index contributed by atoms with van der Waals surface area (Å²) in [6.45, 7) is 2.30. The number of amides is 1. The molecule has 0 aliphatic rings. The second kappa shape index (κ2) is 10.0. The molecule has 172 valence electrons. The predicted octanol–water partition coefficient (Wildman–Crippen LogP) is 3.46. The lowest BCUT2D eigenvalue weighted by Gasteiger charge is -2.22. The molecule has 0 bridgehead atoms. The standard InChI is InChI=1S/C23H25N5O3S2/c1-16-21(22(29)26-33(4,30)31)25-23(32-16)28(19-10-8-18(15-24)9-11-19)13-12-17-6-5-7-20(14-17)27(2)3/h5-11,14H,12-13H2,1-4H3,(H,26,29). The number of rotatable bonds is 8. The smallest absolute Gasteiger partial charge is 0.284 e. The number of nitrogens with one attached hydrogen (secondary N) is 1. The van der Waals surface area contributed by atoms with Crippen molar-refractivity contribution in [2.45, 2.75) is 13.3 Å². The van der Waals surface area contributed by atoms with Gasteiger partial charge in [-0.3, -0.25) is 4.79 Å². The lowest BCUT2D eigenvalue weighted by atomic mass is 10.1. The van der Waals surface area contributed by atoms with Gasteiger partial charge in [0.1, 0.15) is 5.69 Å². The number of hydrogen-bond donors (Lipinski definition) is 1. The summed E-state index contributed by atoms with van der Waals surface area (Å²) in [6, 6.07) is 17.5. The summed E-state index contributed by atoms with van der Waals surface area (Å²) in [5.41, 5.74) is 3.68. The van der Waals surface area contributed by atoms with Crippen LogP contribution in [0.3, 0.4) is 0 Å². The molecule has 1 amide bonds.